The Morgan fingerprint density at radius 1 is 1.47 bits per heavy atom. The Hall–Kier alpha value is -1.79. The Labute approximate surface area is 97.1 Å². The Kier molecular flexibility index (Phi) is 4.30. The molecule has 7 heteroatoms. The Balaban J connectivity index is 2.88. The largest absolute Gasteiger partial charge is 0.481 e. The van der Waals surface area contributed by atoms with Gasteiger partial charge in [0, 0.05) is 26.0 Å². The molecule has 0 fully saturated rings. The van der Waals surface area contributed by atoms with Gasteiger partial charge in [-0.05, 0) is 0 Å². The number of carboxylic acids is 1. The highest BCUT2D eigenvalue weighted by Gasteiger charge is 2.21. The zero-order valence-corrected chi connectivity index (χ0v) is 9.47. The third-order valence-corrected chi connectivity index (χ3v) is 2.24. The predicted octanol–water partition coefficient (Wildman–Crippen LogP) is 1.57. The molecule has 1 aromatic rings. The number of anilines is 1. The van der Waals surface area contributed by atoms with E-state index in [0.717, 1.165) is 0 Å². The van der Waals surface area contributed by atoms with Crippen molar-refractivity contribution < 1.29 is 18.7 Å². The van der Waals surface area contributed by atoms with Crippen LogP contribution in [0.2, 0.25) is 0 Å². The van der Waals surface area contributed by atoms with Crippen molar-refractivity contribution >= 4 is 11.8 Å². The summed E-state index contributed by atoms with van der Waals surface area (Å²) in [6.07, 6.45) is -0.260. The molecule has 1 aromatic heterocycles. The molecule has 1 N–H and O–H groups in total. The summed E-state index contributed by atoms with van der Waals surface area (Å²) in [5.74, 6) is -1.65. The molecular weight excluding hydrogens is 232 g/mol. The van der Waals surface area contributed by atoms with E-state index >= 15 is 0 Å². The molecule has 0 saturated heterocycles. The van der Waals surface area contributed by atoms with Gasteiger partial charge in [-0.25, -0.2) is 18.7 Å². The van der Waals surface area contributed by atoms with Crippen molar-refractivity contribution in [1.29, 1.82) is 0 Å². The number of aliphatic carboxylic acids is 1. The Morgan fingerprint density at radius 3 is 2.59 bits per heavy atom. The van der Waals surface area contributed by atoms with E-state index in [0.29, 0.717) is 0 Å². The summed E-state index contributed by atoms with van der Waals surface area (Å²) in [5.41, 5.74) is -0.437. The van der Waals surface area contributed by atoms with Gasteiger partial charge in [-0.1, -0.05) is 6.92 Å². The van der Waals surface area contributed by atoms with Gasteiger partial charge in [0.2, 0.25) is 0 Å². The van der Waals surface area contributed by atoms with E-state index in [1.54, 1.807) is 0 Å². The van der Waals surface area contributed by atoms with Gasteiger partial charge in [0.25, 0.3) is 6.43 Å². The van der Waals surface area contributed by atoms with Crippen LogP contribution in [0.3, 0.4) is 0 Å². The predicted molar refractivity (Wildman–Crippen MR) is 57.1 cm³/mol. The lowest BCUT2D eigenvalue weighted by molar-refractivity contribution is -0.140. The second-order valence-corrected chi connectivity index (χ2v) is 3.69. The number of nitrogens with zero attached hydrogens (tertiary/aromatic N) is 3. The molecule has 94 valence electrons. The lowest BCUT2D eigenvalue weighted by atomic mass is 10.2. The number of halogens is 2. The van der Waals surface area contributed by atoms with Crippen molar-refractivity contribution in [2.45, 2.75) is 13.3 Å². The fraction of sp³-hybridized carbons (Fsp3) is 0.500. The minimum atomic E-state index is -2.73. The summed E-state index contributed by atoms with van der Waals surface area (Å²) in [6.45, 7) is 1.59. The standard InChI is InChI=1S/C10H13F2N3O2/c1-6(10(16)17)5-15(2)9-7(8(11)12)13-3-4-14-9/h3-4,6,8H,5H2,1-2H3,(H,16,17). The zero-order chi connectivity index (χ0) is 13.0. The van der Waals surface area contributed by atoms with Gasteiger partial charge in [-0.15, -0.1) is 0 Å². The molecule has 0 bridgehead atoms. The summed E-state index contributed by atoms with van der Waals surface area (Å²) in [5, 5.41) is 8.75. The SMILES string of the molecule is CC(CN(C)c1nccnc1C(F)F)C(=O)O. The average Bonchev–Trinajstić information content (AvgIpc) is 2.28. The van der Waals surface area contributed by atoms with Crippen LogP contribution in [0.1, 0.15) is 19.0 Å². The van der Waals surface area contributed by atoms with Crippen LogP contribution in [-0.2, 0) is 4.79 Å². The minimum Gasteiger partial charge on any atom is -0.481 e. The van der Waals surface area contributed by atoms with E-state index < -0.39 is 24.0 Å². The lowest BCUT2D eigenvalue weighted by Crippen LogP contribution is -2.30. The first-order valence-corrected chi connectivity index (χ1v) is 4.96. The van der Waals surface area contributed by atoms with E-state index in [1.165, 1.54) is 31.3 Å². The molecule has 0 aliphatic carbocycles. The quantitative estimate of drug-likeness (QED) is 0.852. The van der Waals surface area contributed by atoms with Crippen LogP contribution in [0.4, 0.5) is 14.6 Å². The van der Waals surface area contributed by atoms with Gasteiger partial charge in [0.05, 0.1) is 5.92 Å². The van der Waals surface area contributed by atoms with Crippen LogP contribution in [0.15, 0.2) is 12.4 Å². The van der Waals surface area contributed by atoms with E-state index in [1.807, 2.05) is 0 Å². The number of alkyl halides is 2. The van der Waals surface area contributed by atoms with Gasteiger partial charge in [-0.3, -0.25) is 4.79 Å². The van der Waals surface area contributed by atoms with Gasteiger partial charge in [-0.2, -0.15) is 0 Å². The maximum atomic E-state index is 12.6. The molecule has 0 saturated carbocycles. The van der Waals surface area contributed by atoms with Crippen LogP contribution in [0, 0.1) is 5.92 Å². The van der Waals surface area contributed by atoms with Crippen molar-refractivity contribution in [2.75, 3.05) is 18.5 Å². The molecule has 0 aliphatic rings. The highest BCUT2D eigenvalue weighted by molar-refractivity contribution is 5.70. The fourth-order valence-corrected chi connectivity index (χ4v) is 1.36. The Bertz CT molecular complexity index is 401. The summed E-state index contributed by atoms with van der Waals surface area (Å²) in [6, 6.07) is 0. The van der Waals surface area contributed by atoms with Gasteiger partial charge in [0.15, 0.2) is 5.82 Å². The molecule has 1 heterocycles. The van der Waals surface area contributed by atoms with E-state index in [4.69, 9.17) is 5.11 Å². The van der Waals surface area contributed by atoms with Gasteiger partial charge < -0.3 is 10.0 Å². The second kappa shape index (κ2) is 5.51. The molecule has 0 aliphatic heterocycles. The van der Waals surface area contributed by atoms with Gasteiger partial charge >= 0.3 is 5.97 Å². The molecule has 0 radical (unpaired) electrons. The molecular formula is C10H13F2N3O2. The average molecular weight is 245 g/mol. The fourth-order valence-electron chi connectivity index (χ4n) is 1.36. The first-order chi connectivity index (χ1) is 7.93. The number of rotatable bonds is 5. The Morgan fingerprint density at radius 2 is 2.06 bits per heavy atom. The number of hydrogen-bond acceptors (Lipinski definition) is 4. The number of hydrogen-bond donors (Lipinski definition) is 1. The second-order valence-electron chi connectivity index (χ2n) is 3.69. The summed E-state index contributed by atoms with van der Waals surface area (Å²) >= 11 is 0. The molecule has 17 heavy (non-hydrogen) atoms. The first-order valence-electron chi connectivity index (χ1n) is 4.96. The molecule has 0 spiro atoms. The molecule has 1 rings (SSSR count). The topological polar surface area (TPSA) is 66.3 Å². The highest BCUT2D eigenvalue weighted by atomic mass is 19.3. The third kappa shape index (κ3) is 3.33. The summed E-state index contributed by atoms with van der Waals surface area (Å²) in [7, 11) is 1.51. The van der Waals surface area contributed by atoms with Crippen LogP contribution in [0.5, 0.6) is 0 Å². The maximum Gasteiger partial charge on any atom is 0.308 e. The van der Waals surface area contributed by atoms with Crippen molar-refractivity contribution in [2.24, 2.45) is 5.92 Å². The normalized spacial score (nSPS) is 12.5. The maximum absolute atomic E-state index is 12.6. The van der Waals surface area contributed by atoms with E-state index in [-0.39, 0.29) is 12.4 Å². The van der Waals surface area contributed by atoms with Gasteiger partial charge in [0.1, 0.15) is 5.69 Å². The molecule has 0 aromatic carbocycles. The van der Waals surface area contributed by atoms with Crippen LogP contribution >= 0.6 is 0 Å². The van der Waals surface area contributed by atoms with Crippen LogP contribution in [-0.4, -0.2) is 34.6 Å². The zero-order valence-electron chi connectivity index (χ0n) is 9.47. The lowest BCUT2D eigenvalue weighted by Gasteiger charge is -2.21. The third-order valence-electron chi connectivity index (χ3n) is 2.24. The van der Waals surface area contributed by atoms with Crippen molar-refractivity contribution in [1.82, 2.24) is 9.97 Å². The monoisotopic (exact) mass is 245 g/mol. The number of aromatic nitrogens is 2. The highest BCUT2D eigenvalue weighted by Crippen LogP contribution is 2.25. The molecule has 5 nitrogen and oxygen atoms in total. The first kappa shape index (κ1) is 13.3. The smallest absolute Gasteiger partial charge is 0.308 e. The summed E-state index contributed by atoms with van der Waals surface area (Å²) < 4.78 is 25.3. The summed E-state index contributed by atoms with van der Waals surface area (Å²) in [4.78, 5) is 19.4. The molecule has 1 atom stereocenters. The van der Waals surface area contributed by atoms with Crippen LogP contribution in [0.25, 0.3) is 0 Å². The molecule has 0 amide bonds. The van der Waals surface area contributed by atoms with Crippen molar-refractivity contribution in [3.63, 3.8) is 0 Å². The number of carboxylic acid groups (broad SMARTS) is 1. The van der Waals surface area contributed by atoms with E-state index in [9.17, 15) is 13.6 Å². The number of carbonyl (C=O) groups is 1. The molecule has 1 unspecified atom stereocenters. The van der Waals surface area contributed by atoms with Crippen LogP contribution < -0.4 is 4.90 Å². The minimum absolute atomic E-state index is 0.00981. The van der Waals surface area contributed by atoms with Crippen molar-refractivity contribution in [3.8, 4) is 0 Å². The van der Waals surface area contributed by atoms with Crippen molar-refractivity contribution in [3.05, 3.63) is 18.1 Å². The van der Waals surface area contributed by atoms with E-state index in [2.05, 4.69) is 9.97 Å².